The van der Waals surface area contributed by atoms with Gasteiger partial charge in [0.1, 0.15) is 12.4 Å². The van der Waals surface area contributed by atoms with Gasteiger partial charge in [-0.3, -0.25) is 9.59 Å². The fourth-order valence-corrected chi connectivity index (χ4v) is 4.41. The molecule has 0 spiro atoms. The van der Waals surface area contributed by atoms with Crippen LogP contribution >= 0.6 is 0 Å². The first-order chi connectivity index (χ1) is 18.0. The van der Waals surface area contributed by atoms with Crippen molar-refractivity contribution in [1.29, 1.82) is 0 Å². The van der Waals surface area contributed by atoms with Crippen molar-refractivity contribution in [1.82, 2.24) is 14.7 Å². The van der Waals surface area contributed by atoms with Crippen molar-refractivity contribution in [3.8, 4) is 5.69 Å². The summed E-state index contributed by atoms with van der Waals surface area (Å²) in [7, 11) is 0. The first-order valence-corrected chi connectivity index (χ1v) is 13.8. The van der Waals surface area contributed by atoms with Gasteiger partial charge in [0.2, 0.25) is 5.91 Å². The van der Waals surface area contributed by atoms with Crippen LogP contribution in [0.2, 0.25) is 0 Å². The van der Waals surface area contributed by atoms with Crippen LogP contribution in [0.15, 0.2) is 54.6 Å². The summed E-state index contributed by atoms with van der Waals surface area (Å²) >= 11 is 0. The van der Waals surface area contributed by atoms with Crippen LogP contribution in [0.25, 0.3) is 5.69 Å². The first kappa shape index (κ1) is 29.2. The Labute approximate surface area is 228 Å². The average Bonchev–Trinajstić information content (AvgIpc) is 3.28. The van der Waals surface area contributed by atoms with E-state index in [0.717, 1.165) is 29.8 Å². The molecule has 0 radical (unpaired) electrons. The van der Waals surface area contributed by atoms with Crippen LogP contribution in [0.3, 0.4) is 0 Å². The van der Waals surface area contributed by atoms with Gasteiger partial charge in [0, 0.05) is 23.6 Å². The zero-order valence-electron chi connectivity index (χ0n) is 24.2. The second-order valence-electron chi connectivity index (χ2n) is 11.6. The normalized spacial score (nSPS) is 11.6. The molecule has 6 nitrogen and oxygen atoms in total. The van der Waals surface area contributed by atoms with Crippen molar-refractivity contribution in [2.24, 2.45) is 5.92 Å². The van der Waals surface area contributed by atoms with Gasteiger partial charge < -0.3 is 10.2 Å². The van der Waals surface area contributed by atoms with Gasteiger partial charge in [0.25, 0.3) is 5.91 Å². The number of aryl methyl sites for hydroxylation is 2. The number of para-hydroxylation sites is 1. The van der Waals surface area contributed by atoms with Crippen LogP contribution in [0.1, 0.15) is 88.0 Å². The van der Waals surface area contributed by atoms with E-state index >= 15 is 0 Å². The molecule has 0 bridgehead atoms. The monoisotopic (exact) mass is 516 g/mol. The minimum absolute atomic E-state index is 0.0287. The van der Waals surface area contributed by atoms with Crippen molar-refractivity contribution < 1.29 is 9.59 Å². The summed E-state index contributed by atoms with van der Waals surface area (Å²) in [6.45, 7) is 15.1. The number of hydrogen-bond donors (Lipinski definition) is 1. The van der Waals surface area contributed by atoms with E-state index in [1.165, 1.54) is 18.4 Å². The maximum Gasteiger partial charge on any atom is 0.254 e. The highest BCUT2D eigenvalue weighted by molar-refractivity contribution is 5.99. The number of rotatable bonds is 11. The minimum atomic E-state index is -0.245. The lowest BCUT2D eigenvalue weighted by Gasteiger charge is -2.24. The Morgan fingerprint density at radius 2 is 1.71 bits per heavy atom. The van der Waals surface area contributed by atoms with E-state index in [9.17, 15) is 9.59 Å². The molecule has 0 atom stereocenters. The summed E-state index contributed by atoms with van der Waals surface area (Å²) in [5.41, 5.74) is 4.51. The summed E-state index contributed by atoms with van der Waals surface area (Å²) in [5.74, 6) is 0.454. The number of anilines is 1. The molecule has 0 aliphatic carbocycles. The van der Waals surface area contributed by atoms with Crippen molar-refractivity contribution in [2.75, 3.05) is 18.4 Å². The van der Waals surface area contributed by atoms with Gasteiger partial charge in [0.05, 0.1) is 11.4 Å². The third-order valence-electron chi connectivity index (χ3n) is 6.57. The van der Waals surface area contributed by atoms with Gasteiger partial charge in [0.15, 0.2) is 0 Å². The molecule has 2 aromatic carbocycles. The Bertz CT molecular complexity index is 1220. The van der Waals surface area contributed by atoms with Crippen molar-refractivity contribution in [3.63, 3.8) is 0 Å². The second-order valence-corrected chi connectivity index (χ2v) is 11.6. The maximum atomic E-state index is 13.4. The number of carbonyl (C=O) groups is 2. The number of carbonyl (C=O) groups excluding carboxylic acids is 2. The zero-order chi connectivity index (χ0) is 27.9. The number of benzene rings is 2. The Kier molecular flexibility index (Phi) is 9.90. The molecular weight excluding hydrogens is 472 g/mol. The SMILES string of the molecule is CCCCCc1ccc(C(=O)N(CC(=O)Nc2cc(C(C)(C)C)nn2-c2ccccc2C)CC(C)C)cc1. The standard InChI is InChI=1S/C32H44N4O2/c1-8-9-10-14-25-16-18-26(19-17-25)31(38)35(21-23(2)3)22-30(37)33-29-20-28(32(5,6)7)34-36(29)27-15-12-11-13-24(27)4/h11-13,15-20,23H,8-10,14,21-22H2,1-7H3,(H,33,37). The van der Waals surface area contributed by atoms with Crippen molar-refractivity contribution in [3.05, 3.63) is 77.0 Å². The van der Waals surface area contributed by atoms with E-state index in [0.29, 0.717) is 17.9 Å². The summed E-state index contributed by atoms with van der Waals surface area (Å²) in [6, 6.07) is 17.7. The van der Waals surface area contributed by atoms with Crippen LogP contribution in [0.4, 0.5) is 5.82 Å². The summed E-state index contributed by atoms with van der Waals surface area (Å²) in [6.07, 6.45) is 4.56. The highest BCUT2D eigenvalue weighted by Gasteiger charge is 2.24. The molecule has 0 saturated heterocycles. The molecular formula is C32H44N4O2. The number of nitrogens with zero attached hydrogens (tertiary/aromatic N) is 3. The van der Waals surface area contributed by atoms with E-state index < -0.39 is 0 Å². The van der Waals surface area contributed by atoms with Gasteiger partial charge in [-0.2, -0.15) is 5.10 Å². The van der Waals surface area contributed by atoms with Crippen LogP contribution in [-0.2, 0) is 16.6 Å². The van der Waals surface area contributed by atoms with Gasteiger partial charge in [-0.1, -0.05) is 84.7 Å². The molecule has 3 aromatic rings. The molecule has 0 aliphatic heterocycles. The minimum Gasteiger partial charge on any atom is -0.329 e. The molecule has 0 unspecified atom stereocenters. The average molecular weight is 517 g/mol. The maximum absolute atomic E-state index is 13.4. The number of amides is 2. The Morgan fingerprint density at radius 3 is 2.32 bits per heavy atom. The van der Waals surface area contributed by atoms with Crippen LogP contribution in [-0.4, -0.2) is 39.6 Å². The topological polar surface area (TPSA) is 67.2 Å². The van der Waals surface area contributed by atoms with Gasteiger partial charge in [-0.15, -0.1) is 0 Å². The summed E-state index contributed by atoms with van der Waals surface area (Å²) in [4.78, 5) is 28.4. The van der Waals surface area contributed by atoms with Crippen LogP contribution in [0.5, 0.6) is 0 Å². The number of unbranched alkanes of at least 4 members (excludes halogenated alkanes) is 2. The lowest BCUT2D eigenvalue weighted by Crippen LogP contribution is -2.40. The van der Waals surface area contributed by atoms with Gasteiger partial charge in [-0.05, 0) is 55.0 Å². The second kappa shape index (κ2) is 12.9. The molecule has 204 valence electrons. The van der Waals surface area contributed by atoms with Gasteiger partial charge >= 0.3 is 0 Å². The lowest BCUT2D eigenvalue weighted by molar-refractivity contribution is -0.117. The largest absolute Gasteiger partial charge is 0.329 e. The molecule has 1 aromatic heterocycles. The molecule has 3 rings (SSSR count). The zero-order valence-corrected chi connectivity index (χ0v) is 24.2. The highest BCUT2D eigenvalue weighted by atomic mass is 16.2. The Morgan fingerprint density at radius 1 is 1.03 bits per heavy atom. The number of hydrogen-bond acceptors (Lipinski definition) is 3. The van der Waals surface area contributed by atoms with E-state index in [1.54, 1.807) is 9.58 Å². The first-order valence-electron chi connectivity index (χ1n) is 13.8. The lowest BCUT2D eigenvalue weighted by atomic mass is 9.92. The third kappa shape index (κ3) is 7.80. The van der Waals surface area contributed by atoms with E-state index in [-0.39, 0.29) is 29.7 Å². The molecule has 2 amide bonds. The number of aromatic nitrogens is 2. The Hall–Kier alpha value is -3.41. The summed E-state index contributed by atoms with van der Waals surface area (Å²) in [5, 5.41) is 7.88. The smallest absolute Gasteiger partial charge is 0.254 e. The Balaban J connectivity index is 1.81. The number of nitrogens with one attached hydrogen (secondary N) is 1. The van der Waals surface area contributed by atoms with Gasteiger partial charge in [-0.25, -0.2) is 4.68 Å². The van der Waals surface area contributed by atoms with Crippen molar-refractivity contribution in [2.45, 2.75) is 79.6 Å². The molecule has 1 N–H and O–H groups in total. The highest BCUT2D eigenvalue weighted by Crippen LogP contribution is 2.27. The summed E-state index contributed by atoms with van der Waals surface area (Å²) < 4.78 is 1.79. The fourth-order valence-electron chi connectivity index (χ4n) is 4.41. The van der Waals surface area contributed by atoms with E-state index in [4.69, 9.17) is 5.10 Å². The molecule has 0 fully saturated rings. The van der Waals surface area contributed by atoms with E-state index in [2.05, 4.69) is 46.9 Å². The van der Waals surface area contributed by atoms with Crippen molar-refractivity contribution >= 4 is 17.6 Å². The third-order valence-corrected chi connectivity index (χ3v) is 6.57. The molecule has 1 heterocycles. The van der Waals surface area contributed by atoms with E-state index in [1.807, 2.05) is 61.5 Å². The quantitative estimate of drug-likeness (QED) is 0.281. The molecule has 6 heteroatoms. The van der Waals surface area contributed by atoms with Crippen LogP contribution < -0.4 is 5.32 Å². The van der Waals surface area contributed by atoms with Crippen LogP contribution in [0, 0.1) is 12.8 Å². The molecule has 38 heavy (non-hydrogen) atoms. The molecule has 0 saturated carbocycles. The fraction of sp³-hybridized carbons (Fsp3) is 0.469. The predicted octanol–water partition coefficient (Wildman–Crippen LogP) is 6.95. The molecule has 0 aliphatic rings. The predicted molar refractivity (Wildman–Crippen MR) is 156 cm³/mol.